The van der Waals surface area contributed by atoms with Crippen molar-refractivity contribution < 1.29 is 34.0 Å². The number of morpholine rings is 1. The number of hydrogen-bond acceptors (Lipinski definition) is 8. The standard InChI is InChI=1S/C16H23NO7/c1-8-12(18)23-9-4-5-17-6-10-16(24-10,11(9)17)7-22-13(19)15(3,21)14(8,2)20/h8-11,20-21H,4-7H2,1-3H3/t8-,9-,10+,11-,14-,15+,16+/m0/s1. The molecule has 1 spiro atoms. The molecule has 0 bridgehead atoms. The van der Waals surface area contributed by atoms with Crippen LogP contribution in [0.15, 0.2) is 0 Å². The second-order valence-electron chi connectivity index (χ2n) is 7.78. The highest BCUT2D eigenvalue weighted by atomic mass is 16.7. The van der Waals surface area contributed by atoms with Crippen LogP contribution in [0.4, 0.5) is 0 Å². The van der Waals surface area contributed by atoms with E-state index in [4.69, 9.17) is 14.2 Å². The number of rotatable bonds is 0. The molecule has 4 rings (SSSR count). The van der Waals surface area contributed by atoms with E-state index in [1.165, 1.54) is 13.8 Å². The average molecular weight is 341 g/mol. The third-order valence-corrected chi connectivity index (χ3v) is 6.47. The summed E-state index contributed by atoms with van der Waals surface area (Å²) in [5.74, 6) is -2.70. The molecule has 4 aliphatic rings. The SMILES string of the molecule is C[C@H]1C(=O)O[C@H]2CCN3C[C@H]4O[C@@]4(COC(=O)[C@@](C)(O)[C@@]1(C)O)[C@H]23. The Labute approximate surface area is 139 Å². The highest BCUT2D eigenvalue weighted by Gasteiger charge is 2.73. The number of epoxide rings is 1. The number of cyclic esters (lactones) is 1. The lowest BCUT2D eigenvalue weighted by Crippen LogP contribution is -2.61. The summed E-state index contributed by atoms with van der Waals surface area (Å²) in [4.78, 5) is 27.1. The minimum atomic E-state index is -2.25. The quantitative estimate of drug-likeness (QED) is 0.419. The summed E-state index contributed by atoms with van der Waals surface area (Å²) in [5, 5.41) is 21.2. The van der Waals surface area contributed by atoms with Crippen LogP contribution in [0.1, 0.15) is 27.2 Å². The first kappa shape index (κ1) is 16.3. The molecule has 7 atom stereocenters. The fourth-order valence-electron chi connectivity index (χ4n) is 4.31. The number of ether oxygens (including phenoxy) is 3. The summed E-state index contributed by atoms with van der Waals surface area (Å²) >= 11 is 0. The number of carbonyl (C=O) groups is 2. The van der Waals surface area contributed by atoms with Gasteiger partial charge in [0.1, 0.15) is 30.0 Å². The number of esters is 2. The Morgan fingerprint density at radius 2 is 1.96 bits per heavy atom. The summed E-state index contributed by atoms with van der Waals surface area (Å²) in [5.41, 5.74) is -4.95. The molecular weight excluding hydrogens is 318 g/mol. The highest BCUT2D eigenvalue weighted by molar-refractivity contribution is 5.83. The maximum absolute atomic E-state index is 12.5. The third kappa shape index (κ3) is 1.88. The summed E-state index contributed by atoms with van der Waals surface area (Å²) in [6.07, 6.45) is 0.249. The first-order chi connectivity index (χ1) is 11.1. The van der Waals surface area contributed by atoms with Crippen molar-refractivity contribution in [3.05, 3.63) is 0 Å². The van der Waals surface area contributed by atoms with Gasteiger partial charge in [0.25, 0.3) is 0 Å². The Hall–Kier alpha value is -1.22. The average Bonchev–Trinajstić information content (AvgIpc) is 2.90. The molecule has 8 heteroatoms. The number of hydrogen-bond donors (Lipinski definition) is 2. The lowest BCUT2D eigenvalue weighted by atomic mass is 9.76. The Balaban J connectivity index is 1.71. The molecule has 4 saturated heterocycles. The van der Waals surface area contributed by atoms with E-state index in [0.29, 0.717) is 6.42 Å². The van der Waals surface area contributed by atoms with Crippen molar-refractivity contribution in [3.8, 4) is 0 Å². The summed E-state index contributed by atoms with van der Waals surface area (Å²) in [7, 11) is 0. The van der Waals surface area contributed by atoms with Crippen LogP contribution in [-0.4, -0.2) is 81.8 Å². The molecule has 0 aromatic heterocycles. The second-order valence-corrected chi connectivity index (χ2v) is 7.78. The second kappa shape index (κ2) is 4.69. The van der Waals surface area contributed by atoms with Crippen molar-refractivity contribution in [2.24, 2.45) is 5.92 Å². The molecule has 0 unspecified atom stereocenters. The molecule has 4 heterocycles. The Kier molecular flexibility index (Phi) is 3.18. The van der Waals surface area contributed by atoms with Gasteiger partial charge in [-0.3, -0.25) is 9.69 Å². The molecule has 0 aliphatic carbocycles. The van der Waals surface area contributed by atoms with Crippen LogP contribution in [0.5, 0.6) is 0 Å². The largest absolute Gasteiger partial charge is 0.460 e. The molecule has 0 saturated carbocycles. The van der Waals surface area contributed by atoms with Gasteiger partial charge in [0.05, 0.1) is 12.0 Å². The molecule has 4 fully saturated rings. The van der Waals surface area contributed by atoms with E-state index >= 15 is 0 Å². The van der Waals surface area contributed by atoms with Crippen molar-refractivity contribution >= 4 is 11.9 Å². The van der Waals surface area contributed by atoms with Gasteiger partial charge in [-0.05, 0) is 27.2 Å². The van der Waals surface area contributed by atoms with E-state index < -0.39 is 34.7 Å². The van der Waals surface area contributed by atoms with Gasteiger partial charge in [-0.15, -0.1) is 0 Å². The zero-order valence-corrected chi connectivity index (χ0v) is 14.0. The Morgan fingerprint density at radius 1 is 1.25 bits per heavy atom. The lowest BCUT2D eigenvalue weighted by molar-refractivity contribution is -0.205. The minimum absolute atomic E-state index is 0.0215. The van der Waals surface area contributed by atoms with E-state index in [2.05, 4.69) is 4.90 Å². The van der Waals surface area contributed by atoms with Crippen molar-refractivity contribution in [3.63, 3.8) is 0 Å². The van der Waals surface area contributed by atoms with Gasteiger partial charge in [-0.25, -0.2) is 4.79 Å². The van der Waals surface area contributed by atoms with Gasteiger partial charge in [0, 0.05) is 13.1 Å². The van der Waals surface area contributed by atoms with Crippen LogP contribution in [0, 0.1) is 5.92 Å². The molecular formula is C16H23NO7. The van der Waals surface area contributed by atoms with E-state index in [0.717, 1.165) is 20.0 Å². The van der Waals surface area contributed by atoms with E-state index in [1.54, 1.807) is 0 Å². The molecule has 2 N–H and O–H groups in total. The first-order valence-electron chi connectivity index (χ1n) is 8.35. The molecule has 8 nitrogen and oxygen atoms in total. The molecule has 0 radical (unpaired) electrons. The number of aliphatic hydroxyl groups is 2. The predicted octanol–water partition coefficient (Wildman–Crippen LogP) is -1.18. The number of nitrogens with zero attached hydrogens (tertiary/aromatic N) is 1. The van der Waals surface area contributed by atoms with Crippen molar-refractivity contribution in [2.45, 2.75) is 62.2 Å². The van der Waals surface area contributed by atoms with Crippen molar-refractivity contribution in [1.82, 2.24) is 4.90 Å². The van der Waals surface area contributed by atoms with Gasteiger partial charge in [0.2, 0.25) is 0 Å². The zero-order valence-electron chi connectivity index (χ0n) is 14.0. The third-order valence-electron chi connectivity index (χ3n) is 6.47. The van der Waals surface area contributed by atoms with E-state index in [-0.39, 0.29) is 24.9 Å². The normalized spacial score (nSPS) is 54.4. The van der Waals surface area contributed by atoms with E-state index in [1.807, 2.05) is 0 Å². The maximum Gasteiger partial charge on any atom is 0.341 e. The van der Waals surface area contributed by atoms with Crippen molar-refractivity contribution in [2.75, 3.05) is 19.7 Å². The monoisotopic (exact) mass is 341 g/mol. The fourth-order valence-corrected chi connectivity index (χ4v) is 4.31. The molecule has 134 valence electrons. The number of carbonyl (C=O) groups excluding carboxylic acids is 2. The predicted molar refractivity (Wildman–Crippen MR) is 78.8 cm³/mol. The molecule has 24 heavy (non-hydrogen) atoms. The van der Waals surface area contributed by atoms with Crippen LogP contribution in [0.2, 0.25) is 0 Å². The van der Waals surface area contributed by atoms with Crippen LogP contribution < -0.4 is 0 Å². The summed E-state index contributed by atoms with van der Waals surface area (Å²) in [6, 6.07) is -0.153. The molecule has 0 amide bonds. The van der Waals surface area contributed by atoms with Gasteiger partial charge in [-0.1, -0.05) is 0 Å². The van der Waals surface area contributed by atoms with Gasteiger partial charge in [0.15, 0.2) is 5.60 Å². The van der Waals surface area contributed by atoms with E-state index in [9.17, 15) is 19.8 Å². The van der Waals surface area contributed by atoms with Crippen molar-refractivity contribution in [1.29, 1.82) is 0 Å². The maximum atomic E-state index is 12.5. The molecule has 4 aliphatic heterocycles. The van der Waals surface area contributed by atoms with Crippen LogP contribution in [0.3, 0.4) is 0 Å². The van der Waals surface area contributed by atoms with Gasteiger partial charge in [-0.2, -0.15) is 0 Å². The Morgan fingerprint density at radius 3 is 2.67 bits per heavy atom. The Bertz CT molecular complexity index is 603. The first-order valence-corrected chi connectivity index (χ1v) is 8.35. The molecule has 0 aromatic carbocycles. The smallest absolute Gasteiger partial charge is 0.341 e. The minimum Gasteiger partial charge on any atom is -0.460 e. The molecule has 0 aromatic rings. The van der Waals surface area contributed by atoms with Crippen LogP contribution in [-0.2, 0) is 23.8 Å². The van der Waals surface area contributed by atoms with Crippen LogP contribution >= 0.6 is 0 Å². The van der Waals surface area contributed by atoms with Gasteiger partial charge < -0.3 is 24.4 Å². The summed E-state index contributed by atoms with van der Waals surface area (Å²) in [6.45, 7) is 5.33. The topological polar surface area (TPSA) is 109 Å². The van der Waals surface area contributed by atoms with Crippen LogP contribution in [0.25, 0.3) is 0 Å². The lowest BCUT2D eigenvalue weighted by Gasteiger charge is -2.39. The zero-order chi connectivity index (χ0) is 17.5. The van der Waals surface area contributed by atoms with Gasteiger partial charge >= 0.3 is 11.9 Å². The summed E-state index contributed by atoms with van der Waals surface area (Å²) < 4.78 is 16.8. The fraction of sp³-hybridized carbons (Fsp3) is 0.875. The highest BCUT2D eigenvalue weighted by Crippen LogP contribution is 2.53.